The Kier molecular flexibility index (Phi) is 6.22. The molecule has 0 fully saturated rings. The number of hydrogen-bond donors (Lipinski definition) is 1. The zero-order valence-corrected chi connectivity index (χ0v) is 16.7. The van der Waals surface area contributed by atoms with Gasteiger partial charge in [0.15, 0.2) is 11.8 Å². The molecule has 3 heterocycles. The molecule has 1 amide bonds. The lowest BCUT2D eigenvalue weighted by Crippen LogP contribution is -2.43. The van der Waals surface area contributed by atoms with Crippen LogP contribution in [0.3, 0.4) is 0 Å². The van der Waals surface area contributed by atoms with E-state index < -0.39 is 37.3 Å². The molecule has 0 radical (unpaired) electrons. The number of fused-ring (bicyclic) bond motifs is 2. The number of amides is 1. The van der Waals surface area contributed by atoms with Crippen LogP contribution in [0, 0.1) is 0 Å². The maximum Gasteiger partial charge on any atom is 0.411 e. The topological polar surface area (TPSA) is 74.6 Å². The molecule has 12 heteroatoms. The fraction of sp³-hybridized carbons (Fsp3) is 0.500. The van der Waals surface area contributed by atoms with Crippen LogP contribution >= 0.6 is 0 Å². The number of benzene rings is 1. The highest BCUT2D eigenvalue weighted by atomic mass is 19.4. The second kappa shape index (κ2) is 8.93. The van der Waals surface area contributed by atoms with Gasteiger partial charge < -0.3 is 19.5 Å². The molecule has 0 spiro atoms. The number of alkyl halides is 5. The van der Waals surface area contributed by atoms with E-state index in [0.29, 0.717) is 17.7 Å². The van der Waals surface area contributed by atoms with E-state index in [0.717, 1.165) is 5.56 Å². The van der Waals surface area contributed by atoms with Crippen molar-refractivity contribution in [3.8, 4) is 11.6 Å². The molecule has 4 rings (SSSR count). The van der Waals surface area contributed by atoms with Gasteiger partial charge in [0.05, 0.1) is 12.6 Å². The summed E-state index contributed by atoms with van der Waals surface area (Å²) in [6.45, 7) is -1.13. The molecule has 2 aromatic rings. The van der Waals surface area contributed by atoms with Crippen molar-refractivity contribution >= 4 is 5.91 Å². The Labute approximate surface area is 179 Å². The van der Waals surface area contributed by atoms with Gasteiger partial charge in [0.25, 0.3) is 12.3 Å². The molecule has 0 unspecified atom stereocenters. The van der Waals surface area contributed by atoms with Gasteiger partial charge in [0.2, 0.25) is 5.88 Å². The van der Waals surface area contributed by atoms with E-state index in [1.807, 2.05) is 0 Å². The Hall–Kier alpha value is -2.89. The van der Waals surface area contributed by atoms with E-state index in [-0.39, 0.29) is 37.8 Å². The minimum Gasteiger partial charge on any atom is -0.491 e. The highest BCUT2D eigenvalue weighted by molar-refractivity contribution is 5.92. The molecule has 1 aromatic heterocycles. The van der Waals surface area contributed by atoms with E-state index >= 15 is 0 Å². The molecule has 1 aromatic carbocycles. The molecule has 0 bridgehead atoms. The van der Waals surface area contributed by atoms with E-state index in [2.05, 4.69) is 15.2 Å². The third-order valence-electron chi connectivity index (χ3n) is 5.06. The van der Waals surface area contributed by atoms with Crippen molar-refractivity contribution in [3.05, 3.63) is 41.1 Å². The largest absolute Gasteiger partial charge is 0.491 e. The number of hydrogen-bond acceptors (Lipinski definition) is 5. The van der Waals surface area contributed by atoms with Gasteiger partial charge in [0.1, 0.15) is 19.0 Å². The Morgan fingerprint density at radius 1 is 1.31 bits per heavy atom. The first-order chi connectivity index (χ1) is 15.2. The Bertz CT molecular complexity index is 979. The van der Waals surface area contributed by atoms with E-state index in [9.17, 15) is 26.7 Å². The minimum atomic E-state index is -4.40. The van der Waals surface area contributed by atoms with E-state index in [1.54, 1.807) is 18.2 Å². The van der Waals surface area contributed by atoms with Crippen molar-refractivity contribution < 1.29 is 41.0 Å². The quantitative estimate of drug-likeness (QED) is 0.670. The first-order valence-corrected chi connectivity index (χ1v) is 9.90. The summed E-state index contributed by atoms with van der Waals surface area (Å²) in [6.07, 6.45) is -7.77. The van der Waals surface area contributed by atoms with Crippen molar-refractivity contribution in [1.29, 1.82) is 0 Å². The van der Waals surface area contributed by atoms with Crippen LogP contribution in [0.4, 0.5) is 22.0 Å². The molecule has 7 nitrogen and oxygen atoms in total. The number of carbonyl (C=O) groups excluding carboxylic acids is 1. The van der Waals surface area contributed by atoms with Gasteiger partial charge in [-0.1, -0.05) is 6.07 Å². The summed E-state index contributed by atoms with van der Waals surface area (Å²) < 4.78 is 79.3. The van der Waals surface area contributed by atoms with Crippen molar-refractivity contribution in [2.75, 3.05) is 13.2 Å². The van der Waals surface area contributed by atoms with Crippen LogP contribution in [0.15, 0.2) is 24.3 Å². The summed E-state index contributed by atoms with van der Waals surface area (Å²) in [7, 11) is 0. The second-order valence-electron chi connectivity index (χ2n) is 7.61. The van der Waals surface area contributed by atoms with Crippen LogP contribution in [-0.4, -0.2) is 53.6 Å². The van der Waals surface area contributed by atoms with Gasteiger partial charge in [-0.2, -0.15) is 18.3 Å². The molecule has 0 saturated heterocycles. The van der Waals surface area contributed by atoms with Crippen molar-refractivity contribution in [3.63, 3.8) is 0 Å². The van der Waals surface area contributed by atoms with E-state index in [4.69, 9.17) is 9.47 Å². The SMILES string of the molecule is O=C(N[C@H]1COc2ccc(COCC(F)(F)F)cc2C1)c1cc2n(n1)CC[C@H](C(F)F)O2. The maximum atomic E-state index is 12.9. The lowest BCUT2D eigenvalue weighted by atomic mass is 10.0. The van der Waals surface area contributed by atoms with Crippen LogP contribution < -0.4 is 14.8 Å². The molecular weight excluding hydrogens is 441 g/mol. The average Bonchev–Trinajstić information content (AvgIpc) is 3.16. The number of ether oxygens (including phenoxy) is 3. The summed E-state index contributed by atoms with van der Waals surface area (Å²) >= 11 is 0. The van der Waals surface area contributed by atoms with Gasteiger partial charge >= 0.3 is 6.18 Å². The van der Waals surface area contributed by atoms with Gasteiger partial charge in [-0.15, -0.1) is 0 Å². The Balaban J connectivity index is 1.36. The Morgan fingerprint density at radius 3 is 2.88 bits per heavy atom. The van der Waals surface area contributed by atoms with Crippen LogP contribution in [0.5, 0.6) is 11.6 Å². The summed E-state index contributed by atoms with van der Waals surface area (Å²) in [5.41, 5.74) is 1.31. The normalized spacial score (nSPS) is 20.2. The van der Waals surface area contributed by atoms with Crippen molar-refractivity contribution in [1.82, 2.24) is 15.1 Å². The third kappa shape index (κ3) is 5.29. The first-order valence-electron chi connectivity index (χ1n) is 9.90. The molecule has 32 heavy (non-hydrogen) atoms. The van der Waals surface area contributed by atoms with Crippen LogP contribution in [0.25, 0.3) is 0 Å². The molecule has 2 atom stereocenters. The molecule has 2 aliphatic rings. The van der Waals surface area contributed by atoms with Crippen molar-refractivity contribution in [2.45, 2.75) is 50.7 Å². The fourth-order valence-corrected chi connectivity index (χ4v) is 3.58. The maximum absolute atomic E-state index is 12.9. The molecule has 0 aliphatic carbocycles. The smallest absolute Gasteiger partial charge is 0.411 e. The second-order valence-corrected chi connectivity index (χ2v) is 7.61. The zero-order chi connectivity index (χ0) is 22.9. The summed E-state index contributed by atoms with van der Waals surface area (Å²) in [5.74, 6) is 0.185. The molecule has 174 valence electrons. The summed E-state index contributed by atoms with van der Waals surface area (Å²) in [5, 5.41) is 6.89. The fourth-order valence-electron chi connectivity index (χ4n) is 3.58. The van der Waals surface area contributed by atoms with Crippen LogP contribution in [-0.2, 0) is 24.3 Å². The molecule has 2 aliphatic heterocycles. The zero-order valence-electron chi connectivity index (χ0n) is 16.7. The van der Waals surface area contributed by atoms with Gasteiger partial charge in [-0.05, 0) is 29.7 Å². The Morgan fingerprint density at radius 2 is 2.12 bits per heavy atom. The van der Waals surface area contributed by atoms with Gasteiger partial charge in [-0.25, -0.2) is 13.5 Å². The summed E-state index contributed by atoms with van der Waals surface area (Å²) in [6, 6.07) is 5.86. The molecule has 0 saturated carbocycles. The number of carbonyl (C=O) groups is 1. The predicted molar refractivity (Wildman–Crippen MR) is 99.9 cm³/mol. The predicted octanol–water partition coefficient (Wildman–Crippen LogP) is 3.11. The number of aromatic nitrogens is 2. The molecule has 1 N–H and O–H groups in total. The van der Waals surface area contributed by atoms with Crippen molar-refractivity contribution in [2.24, 2.45) is 0 Å². The van der Waals surface area contributed by atoms with Crippen LogP contribution in [0.1, 0.15) is 28.0 Å². The number of nitrogens with zero attached hydrogens (tertiary/aromatic N) is 2. The lowest BCUT2D eigenvalue weighted by Gasteiger charge is -2.26. The third-order valence-corrected chi connectivity index (χ3v) is 5.06. The number of rotatable bonds is 6. The number of halogens is 5. The molecular formula is C20H20F5N3O4. The standard InChI is InChI=1S/C20H20F5N3O4/c21-18(22)16-3-4-28-17(32-16)7-14(27-28)19(29)26-13-6-12-5-11(1-2-15(12)31-9-13)8-30-10-20(23,24)25/h1-2,5,7,13,16,18H,3-4,6,8-10H2,(H,26,29)/t13-,16-/m1/s1. The first kappa shape index (κ1) is 22.3. The lowest BCUT2D eigenvalue weighted by molar-refractivity contribution is -0.176. The summed E-state index contributed by atoms with van der Waals surface area (Å²) in [4.78, 5) is 12.6. The average molecular weight is 461 g/mol. The van der Waals surface area contributed by atoms with Gasteiger partial charge in [0, 0.05) is 19.0 Å². The van der Waals surface area contributed by atoms with Gasteiger partial charge in [-0.3, -0.25) is 4.79 Å². The minimum absolute atomic E-state index is 0.0371. The highest BCUT2D eigenvalue weighted by Crippen LogP contribution is 2.28. The number of aryl methyl sites for hydroxylation is 1. The van der Waals surface area contributed by atoms with E-state index in [1.165, 1.54) is 10.7 Å². The monoisotopic (exact) mass is 461 g/mol. The number of nitrogens with one attached hydrogen (secondary N) is 1. The van der Waals surface area contributed by atoms with Crippen LogP contribution in [0.2, 0.25) is 0 Å². The highest BCUT2D eigenvalue weighted by Gasteiger charge is 2.31.